The molecule has 1 N–H and O–H groups in total. The SMILES string of the molecule is CCc1nc(CNC(=O)c2cn(CC)c3nc(C)ccc3c2=O)cs1. The van der Waals surface area contributed by atoms with Crippen molar-refractivity contribution < 1.29 is 4.79 Å². The van der Waals surface area contributed by atoms with Gasteiger partial charge in [0.1, 0.15) is 11.2 Å². The predicted octanol–water partition coefficient (Wildman–Crippen LogP) is 2.67. The molecular weight excluding hydrogens is 336 g/mol. The minimum Gasteiger partial charge on any atom is -0.346 e. The molecule has 130 valence electrons. The number of pyridine rings is 2. The highest BCUT2D eigenvalue weighted by atomic mass is 32.1. The Labute approximate surface area is 149 Å². The minimum atomic E-state index is -0.388. The van der Waals surface area contributed by atoms with Crippen LogP contribution < -0.4 is 10.7 Å². The quantitative estimate of drug-likeness (QED) is 0.762. The Bertz CT molecular complexity index is 990. The van der Waals surface area contributed by atoms with Gasteiger partial charge in [-0.2, -0.15) is 0 Å². The van der Waals surface area contributed by atoms with Crippen LogP contribution >= 0.6 is 11.3 Å². The summed E-state index contributed by atoms with van der Waals surface area (Å²) in [5.74, 6) is -0.388. The van der Waals surface area contributed by atoms with Crippen LogP contribution in [0.1, 0.15) is 40.6 Å². The number of fused-ring (bicyclic) bond motifs is 1. The van der Waals surface area contributed by atoms with Gasteiger partial charge in [0, 0.05) is 23.8 Å². The van der Waals surface area contributed by atoms with Crippen LogP contribution in [-0.4, -0.2) is 20.4 Å². The molecule has 0 saturated carbocycles. The molecule has 0 bridgehead atoms. The Kier molecular flexibility index (Phi) is 4.94. The predicted molar refractivity (Wildman–Crippen MR) is 99.1 cm³/mol. The Morgan fingerprint density at radius 2 is 2.08 bits per heavy atom. The molecule has 0 aromatic carbocycles. The lowest BCUT2D eigenvalue weighted by atomic mass is 10.1. The van der Waals surface area contributed by atoms with Crippen molar-refractivity contribution in [3.05, 3.63) is 55.9 Å². The van der Waals surface area contributed by atoms with Gasteiger partial charge in [-0.25, -0.2) is 9.97 Å². The molecule has 0 aliphatic carbocycles. The number of aryl methyl sites for hydroxylation is 3. The van der Waals surface area contributed by atoms with Crippen LogP contribution in [0, 0.1) is 6.92 Å². The van der Waals surface area contributed by atoms with Crippen LogP contribution in [0.5, 0.6) is 0 Å². The molecule has 0 aliphatic heterocycles. The third-order valence-corrected chi connectivity index (χ3v) is 5.02. The number of carbonyl (C=O) groups is 1. The molecule has 1 amide bonds. The number of carbonyl (C=O) groups excluding carboxylic acids is 1. The van der Waals surface area contributed by atoms with E-state index in [0.717, 1.165) is 22.8 Å². The molecule has 0 saturated heterocycles. The highest BCUT2D eigenvalue weighted by molar-refractivity contribution is 7.09. The number of hydrogen-bond acceptors (Lipinski definition) is 5. The van der Waals surface area contributed by atoms with Gasteiger partial charge in [-0.05, 0) is 32.4 Å². The Hall–Kier alpha value is -2.54. The first-order valence-electron chi connectivity index (χ1n) is 8.25. The summed E-state index contributed by atoms with van der Waals surface area (Å²) in [5.41, 5.74) is 2.09. The minimum absolute atomic E-state index is 0.131. The zero-order valence-corrected chi connectivity index (χ0v) is 15.3. The van der Waals surface area contributed by atoms with Crippen molar-refractivity contribution in [3.8, 4) is 0 Å². The second-order valence-electron chi connectivity index (χ2n) is 5.75. The molecule has 3 aromatic rings. The molecule has 3 heterocycles. The number of hydrogen-bond donors (Lipinski definition) is 1. The molecule has 3 rings (SSSR count). The van der Waals surface area contributed by atoms with Gasteiger partial charge in [-0.15, -0.1) is 11.3 Å². The van der Waals surface area contributed by atoms with Crippen LogP contribution in [0.4, 0.5) is 0 Å². The molecule has 0 radical (unpaired) electrons. The van der Waals surface area contributed by atoms with Gasteiger partial charge in [0.25, 0.3) is 5.91 Å². The van der Waals surface area contributed by atoms with Crippen LogP contribution in [-0.2, 0) is 19.5 Å². The van der Waals surface area contributed by atoms with E-state index >= 15 is 0 Å². The van der Waals surface area contributed by atoms with Crippen LogP contribution in [0.25, 0.3) is 11.0 Å². The number of amides is 1. The molecule has 0 fully saturated rings. The summed E-state index contributed by atoms with van der Waals surface area (Å²) in [6.45, 7) is 6.81. The molecule has 3 aromatic heterocycles. The lowest BCUT2D eigenvalue weighted by Crippen LogP contribution is -2.29. The first-order chi connectivity index (χ1) is 12.0. The van der Waals surface area contributed by atoms with E-state index in [1.165, 1.54) is 0 Å². The Balaban J connectivity index is 1.91. The molecule has 0 aliphatic rings. The van der Waals surface area contributed by atoms with Gasteiger partial charge in [0.2, 0.25) is 5.43 Å². The highest BCUT2D eigenvalue weighted by Crippen LogP contribution is 2.12. The van der Waals surface area contributed by atoms with Crippen LogP contribution in [0.15, 0.2) is 28.5 Å². The van der Waals surface area contributed by atoms with Crippen molar-refractivity contribution in [2.45, 2.75) is 40.3 Å². The summed E-state index contributed by atoms with van der Waals surface area (Å²) < 4.78 is 1.83. The summed E-state index contributed by atoms with van der Waals surface area (Å²) in [6, 6.07) is 3.52. The number of nitrogens with zero attached hydrogens (tertiary/aromatic N) is 3. The Morgan fingerprint density at radius 3 is 2.76 bits per heavy atom. The van der Waals surface area contributed by atoms with Crippen molar-refractivity contribution in [3.63, 3.8) is 0 Å². The third kappa shape index (κ3) is 3.46. The molecular formula is C18H20N4O2S. The summed E-state index contributed by atoms with van der Waals surface area (Å²) >= 11 is 1.57. The van der Waals surface area contributed by atoms with Crippen LogP contribution in [0.3, 0.4) is 0 Å². The lowest BCUT2D eigenvalue weighted by Gasteiger charge is -2.11. The first-order valence-corrected chi connectivity index (χ1v) is 9.13. The fourth-order valence-electron chi connectivity index (χ4n) is 2.62. The average Bonchev–Trinajstić information content (AvgIpc) is 3.08. The molecule has 0 spiro atoms. The monoisotopic (exact) mass is 356 g/mol. The van der Waals surface area contributed by atoms with E-state index in [1.54, 1.807) is 29.7 Å². The summed E-state index contributed by atoms with van der Waals surface area (Å²) in [7, 11) is 0. The fourth-order valence-corrected chi connectivity index (χ4v) is 3.37. The molecule has 0 atom stereocenters. The highest BCUT2D eigenvalue weighted by Gasteiger charge is 2.16. The van der Waals surface area contributed by atoms with Crippen LogP contribution in [0.2, 0.25) is 0 Å². The first kappa shape index (κ1) is 17.3. The summed E-state index contributed by atoms with van der Waals surface area (Å²) in [6.07, 6.45) is 2.46. The fraction of sp³-hybridized carbons (Fsp3) is 0.333. The van der Waals surface area contributed by atoms with Crippen molar-refractivity contribution in [1.82, 2.24) is 19.9 Å². The number of rotatable bonds is 5. The number of thiazole rings is 1. The topological polar surface area (TPSA) is 76.9 Å². The maximum atomic E-state index is 12.7. The number of nitrogens with one attached hydrogen (secondary N) is 1. The second kappa shape index (κ2) is 7.14. The van der Waals surface area contributed by atoms with Crippen molar-refractivity contribution in [2.75, 3.05) is 0 Å². The maximum absolute atomic E-state index is 12.7. The normalized spacial score (nSPS) is 11.0. The van der Waals surface area contributed by atoms with Crippen molar-refractivity contribution in [1.29, 1.82) is 0 Å². The van der Waals surface area contributed by atoms with Gasteiger partial charge in [-0.3, -0.25) is 9.59 Å². The van der Waals surface area contributed by atoms with E-state index in [1.807, 2.05) is 30.7 Å². The van der Waals surface area contributed by atoms with Gasteiger partial charge < -0.3 is 9.88 Å². The molecule has 0 unspecified atom stereocenters. The smallest absolute Gasteiger partial charge is 0.257 e. The van der Waals surface area contributed by atoms with Gasteiger partial charge >= 0.3 is 0 Å². The average molecular weight is 356 g/mol. The largest absolute Gasteiger partial charge is 0.346 e. The van der Waals surface area contributed by atoms with E-state index in [2.05, 4.69) is 15.3 Å². The standard InChI is InChI=1S/C18H20N4O2S/c1-4-15-21-12(10-25-15)8-19-18(24)14-9-22(5-2)17-13(16(14)23)7-6-11(3)20-17/h6-7,9-10H,4-5,8H2,1-3H3,(H,19,24). The molecule has 6 nitrogen and oxygen atoms in total. The number of aromatic nitrogens is 3. The summed E-state index contributed by atoms with van der Waals surface area (Å²) in [4.78, 5) is 34.1. The van der Waals surface area contributed by atoms with E-state index in [9.17, 15) is 9.59 Å². The second-order valence-corrected chi connectivity index (χ2v) is 6.69. The lowest BCUT2D eigenvalue weighted by molar-refractivity contribution is 0.0949. The van der Waals surface area contributed by atoms with Gasteiger partial charge in [-0.1, -0.05) is 6.92 Å². The van der Waals surface area contributed by atoms with E-state index < -0.39 is 0 Å². The maximum Gasteiger partial charge on any atom is 0.257 e. The van der Waals surface area contributed by atoms with Gasteiger partial charge in [0.15, 0.2) is 0 Å². The molecule has 7 heteroatoms. The third-order valence-electron chi connectivity index (χ3n) is 3.98. The van der Waals surface area contributed by atoms with E-state index in [4.69, 9.17) is 0 Å². The van der Waals surface area contributed by atoms with Crippen molar-refractivity contribution >= 4 is 28.3 Å². The van der Waals surface area contributed by atoms with Crippen molar-refractivity contribution in [2.24, 2.45) is 0 Å². The Morgan fingerprint density at radius 1 is 1.28 bits per heavy atom. The van der Waals surface area contributed by atoms with E-state index in [-0.39, 0.29) is 16.9 Å². The zero-order valence-electron chi connectivity index (χ0n) is 14.5. The van der Waals surface area contributed by atoms with E-state index in [0.29, 0.717) is 24.1 Å². The zero-order chi connectivity index (χ0) is 18.0. The molecule has 25 heavy (non-hydrogen) atoms. The van der Waals surface area contributed by atoms with Gasteiger partial charge in [0.05, 0.1) is 22.6 Å². The summed E-state index contributed by atoms with van der Waals surface area (Å²) in [5, 5.41) is 6.21.